The highest BCUT2D eigenvalue weighted by Crippen LogP contribution is 2.43. The van der Waals surface area contributed by atoms with Crippen LogP contribution in [0.4, 0.5) is 0 Å². The highest BCUT2D eigenvalue weighted by Gasteiger charge is 2.25. The van der Waals surface area contributed by atoms with Crippen molar-refractivity contribution in [1.29, 1.82) is 5.26 Å². The van der Waals surface area contributed by atoms with E-state index in [-0.39, 0.29) is 21.7 Å². The van der Waals surface area contributed by atoms with Crippen molar-refractivity contribution in [3.8, 4) is 56.3 Å². The van der Waals surface area contributed by atoms with E-state index >= 15 is 0 Å². The van der Waals surface area contributed by atoms with E-state index in [2.05, 4.69) is 227 Å². The molecule has 0 N–H and O–H groups in total. The quantitative estimate of drug-likeness (QED) is 0.171. The monoisotopic (exact) mass is 796 g/mol. The van der Waals surface area contributed by atoms with Crippen LogP contribution in [0.25, 0.3) is 72.0 Å². The maximum absolute atomic E-state index is 9.53. The largest absolute Gasteiger partial charge is 0.309 e. The topological polar surface area (TPSA) is 28.7 Å². The maximum atomic E-state index is 9.53. The summed E-state index contributed by atoms with van der Waals surface area (Å²) in [6.45, 7) is 27.8. The van der Waals surface area contributed by atoms with Gasteiger partial charge < -0.3 is 4.57 Å². The number of hydrogen-bond acceptors (Lipinski definition) is 1. The molecule has 0 atom stereocenters. The fourth-order valence-electron chi connectivity index (χ4n) is 8.55. The summed E-state index contributed by atoms with van der Waals surface area (Å²) in [6, 6.07) is 56.3. The van der Waals surface area contributed by atoms with Gasteiger partial charge in [0.05, 0.1) is 28.4 Å². The number of rotatable bonds is 5. The predicted molar refractivity (Wildman–Crippen MR) is 262 cm³/mol. The molecular weight excluding hydrogens is 737 g/mol. The molecule has 0 aliphatic carbocycles. The van der Waals surface area contributed by atoms with Crippen LogP contribution in [0.5, 0.6) is 0 Å². The van der Waals surface area contributed by atoms with E-state index in [0.717, 1.165) is 27.9 Å². The minimum Gasteiger partial charge on any atom is -0.309 e. The van der Waals surface area contributed by atoms with Gasteiger partial charge in [-0.3, -0.25) is 0 Å². The Kier molecular flexibility index (Phi) is 10.3. The number of hydrogen-bond donors (Lipinski definition) is 0. The van der Waals surface area contributed by atoms with E-state index in [0.29, 0.717) is 5.56 Å². The molecule has 0 saturated carbocycles. The lowest BCUT2D eigenvalue weighted by atomic mass is 9.78. The molecule has 0 radical (unpaired) electrons. The molecule has 306 valence electrons. The zero-order valence-corrected chi connectivity index (χ0v) is 38.3. The molecular formula is C59H60N2. The zero-order chi connectivity index (χ0) is 43.6. The molecule has 8 aromatic rings. The van der Waals surface area contributed by atoms with Gasteiger partial charge >= 0.3 is 0 Å². The number of fused-ring (bicyclic) bond motifs is 3. The fourth-order valence-corrected chi connectivity index (χ4v) is 8.55. The molecule has 0 aliphatic heterocycles. The molecule has 0 bridgehead atoms. The van der Waals surface area contributed by atoms with E-state index in [9.17, 15) is 5.26 Å². The molecule has 0 saturated heterocycles. The minimum absolute atomic E-state index is 0.0102. The zero-order valence-electron chi connectivity index (χ0n) is 38.3. The van der Waals surface area contributed by atoms with Crippen molar-refractivity contribution in [1.82, 2.24) is 4.57 Å². The summed E-state index contributed by atoms with van der Waals surface area (Å²) in [5.74, 6) is 0. The Balaban J connectivity index is 1.42. The van der Waals surface area contributed by atoms with Crippen LogP contribution < -0.4 is 0 Å². The van der Waals surface area contributed by atoms with Gasteiger partial charge in [-0.1, -0.05) is 186 Å². The van der Waals surface area contributed by atoms with E-state index < -0.39 is 0 Å². The molecule has 1 aromatic heterocycles. The SMILES string of the molecule is CC(C)(C)c1cc(-c2ccc3c(c2)c2cc(-c4cc(C(C)(C)C)cc(C(C)(C)C)c4)ccc2n3-c2ccccc2-c2ccccc2-c2ccc(C#N)cc2)cc(C(C)(C)C)c1. The predicted octanol–water partition coefficient (Wildman–Crippen LogP) is 16.5. The summed E-state index contributed by atoms with van der Waals surface area (Å²) in [4.78, 5) is 0. The molecule has 61 heavy (non-hydrogen) atoms. The average Bonchev–Trinajstić information content (AvgIpc) is 3.55. The van der Waals surface area contributed by atoms with Crippen molar-refractivity contribution in [2.75, 3.05) is 0 Å². The number of nitriles is 1. The molecule has 2 nitrogen and oxygen atoms in total. The van der Waals surface area contributed by atoms with Crippen LogP contribution in [0.2, 0.25) is 0 Å². The van der Waals surface area contributed by atoms with Gasteiger partial charge in [0.1, 0.15) is 0 Å². The first-order valence-corrected chi connectivity index (χ1v) is 21.8. The Morgan fingerprint density at radius 3 is 1.15 bits per heavy atom. The maximum Gasteiger partial charge on any atom is 0.0991 e. The lowest BCUT2D eigenvalue weighted by molar-refractivity contribution is 0.568. The smallest absolute Gasteiger partial charge is 0.0991 e. The molecule has 0 spiro atoms. The lowest BCUT2D eigenvalue weighted by Gasteiger charge is -2.26. The van der Waals surface area contributed by atoms with Gasteiger partial charge in [-0.15, -0.1) is 0 Å². The third-order valence-corrected chi connectivity index (χ3v) is 12.4. The first-order chi connectivity index (χ1) is 28.7. The summed E-state index contributed by atoms with van der Waals surface area (Å²) in [7, 11) is 0. The standard InChI is InChI=1S/C59H60N2/c1-56(2,3)44-29-42(30-45(35-44)57(4,5)6)40-25-27-54-51(33-40)52-34-41(43-31-46(58(7,8)9)36-47(32-43)59(10,11)12)26-28-55(52)61(54)53-20-16-15-19-50(53)49-18-14-13-17-48(49)39-23-21-38(37-60)22-24-39/h13-36H,1-12H3. The average molecular weight is 797 g/mol. The second-order valence-corrected chi connectivity index (χ2v) is 21.1. The second-order valence-electron chi connectivity index (χ2n) is 21.1. The van der Waals surface area contributed by atoms with Crippen LogP contribution in [-0.4, -0.2) is 4.57 Å². The normalized spacial score (nSPS) is 12.6. The highest BCUT2D eigenvalue weighted by molar-refractivity contribution is 6.12. The van der Waals surface area contributed by atoms with Crippen molar-refractivity contribution in [2.24, 2.45) is 0 Å². The van der Waals surface area contributed by atoms with Gasteiger partial charge in [0.25, 0.3) is 0 Å². The van der Waals surface area contributed by atoms with E-state index in [4.69, 9.17) is 0 Å². The van der Waals surface area contributed by atoms with Crippen molar-refractivity contribution >= 4 is 21.8 Å². The van der Waals surface area contributed by atoms with E-state index in [1.165, 1.54) is 66.3 Å². The third-order valence-electron chi connectivity index (χ3n) is 12.4. The van der Waals surface area contributed by atoms with Crippen LogP contribution in [0, 0.1) is 11.3 Å². The summed E-state index contributed by atoms with van der Waals surface area (Å²) >= 11 is 0. The molecule has 2 heteroatoms. The third kappa shape index (κ3) is 8.07. The van der Waals surface area contributed by atoms with Gasteiger partial charge in [-0.05, 0) is 125 Å². The first-order valence-electron chi connectivity index (χ1n) is 21.8. The summed E-state index contributed by atoms with van der Waals surface area (Å²) in [5, 5.41) is 12.0. The Morgan fingerprint density at radius 2 is 0.738 bits per heavy atom. The highest BCUT2D eigenvalue weighted by atomic mass is 15.0. The van der Waals surface area contributed by atoms with Crippen LogP contribution >= 0.6 is 0 Å². The summed E-state index contributed by atoms with van der Waals surface area (Å²) in [6.07, 6.45) is 0. The first kappa shape index (κ1) is 41.6. The molecule has 7 aromatic carbocycles. The van der Waals surface area contributed by atoms with Crippen LogP contribution in [0.15, 0.2) is 146 Å². The van der Waals surface area contributed by atoms with Crippen LogP contribution in [0.1, 0.15) is 111 Å². The second kappa shape index (κ2) is 15.1. The van der Waals surface area contributed by atoms with Gasteiger partial charge in [0.2, 0.25) is 0 Å². The van der Waals surface area contributed by atoms with Crippen molar-refractivity contribution in [3.63, 3.8) is 0 Å². The molecule has 8 rings (SSSR count). The van der Waals surface area contributed by atoms with Gasteiger partial charge in [-0.25, -0.2) is 0 Å². The van der Waals surface area contributed by atoms with Crippen molar-refractivity contribution < 1.29 is 0 Å². The van der Waals surface area contributed by atoms with E-state index in [1.807, 2.05) is 12.1 Å². The minimum atomic E-state index is 0.0102. The number of nitrogens with zero attached hydrogens (tertiary/aromatic N) is 2. The molecule has 1 heterocycles. The summed E-state index contributed by atoms with van der Waals surface area (Å²) < 4.78 is 2.47. The molecule has 0 aliphatic rings. The molecule has 0 amide bonds. The van der Waals surface area contributed by atoms with Gasteiger partial charge in [-0.2, -0.15) is 5.26 Å². The van der Waals surface area contributed by atoms with Crippen molar-refractivity contribution in [2.45, 2.75) is 105 Å². The molecule has 0 fully saturated rings. The Bertz CT molecular complexity index is 2790. The number of aromatic nitrogens is 1. The lowest BCUT2D eigenvalue weighted by Crippen LogP contribution is -2.16. The van der Waals surface area contributed by atoms with Crippen LogP contribution in [-0.2, 0) is 21.7 Å². The fraction of sp³-hybridized carbons (Fsp3) is 0.271. The van der Waals surface area contributed by atoms with Gasteiger partial charge in [0, 0.05) is 16.3 Å². The molecule has 0 unspecified atom stereocenters. The van der Waals surface area contributed by atoms with Crippen LogP contribution in [0.3, 0.4) is 0 Å². The van der Waals surface area contributed by atoms with Gasteiger partial charge in [0.15, 0.2) is 0 Å². The number of para-hydroxylation sites is 1. The van der Waals surface area contributed by atoms with Crippen molar-refractivity contribution in [3.05, 3.63) is 173 Å². The Hall–Kier alpha value is -6.17. The Morgan fingerprint density at radius 1 is 0.361 bits per heavy atom. The summed E-state index contributed by atoms with van der Waals surface area (Å²) in [5.41, 5.74) is 19.0. The Labute approximate surface area is 364 Å². The number of benzene rings is 7. The van der Waals surface area contributed by atoms with E-state index in [1.54, 1.807) is 0 Å².